The van der Waals surface area contributed by atoms with Gasteiger partial charge in [-0.3, -0.25) is 9.59 Å². The molecule has 6 rings (SSSR count). The zero-order valence-corrected chi connectivity index (χ0v) is 23.0. The smallest absolute Gasteiger partial charge is 0.197 e. The molecule has 4 nitrogen and oxygen atoms in total. The highest BCUT2D eigenvalue weighted by atomic mass is 16.1. The lowest BCUT2D eigenvalue weighted by Crippen LogP contribution is -2.16. The maximum absolute atomic E-state index is 14.0. The summed E-state index contributed by atoms with van der Waals surface area (Å²) in [6.45, 7) is 9.37. The maximum atomic E-state index is 14.0. The van der Waals surface area contributed by atoms with Gasteiger partial charge in [-0.15, -0.1) is 0 Å². The summed E-state index contributed by atoms with van der Waals surface area (Å²) >= 11 is 0. The van der Waals surface area contributed by atoms with Gasteiger partial charge in [-0.1, -0.05) is 82.3 Å². The molecule has 0 saturated carbocycles. The van der Waals surface area contributed by atoms with Gasteiger partial charge in [0.1, 0.15) is 0 Å². The third-order valence-corrected chi connectivity index (χ3v) is 7.64. The Morgan fingerprint density at radius 1 is 0.667 bits per heavy atom. The van der Waals surface area contributed by atoms with Crippen LogP contribution in [0.2, 0.25) is 0 Å². The molecule has 0 aliphatic rings. The van der Waals surface area contributed by atoms with Crippen LogP contribution >= 0.6 is 0 Å². The van der Waals surface area contributed by atoms with Crippen LogP contribution in [0, 0.1) is 11.8 Å². The molecule has 0 spiro atoms. The Morgan fingerprint density at radius 3 is 2.03 bits per heavy atom. The third-order valence-electron chi connectivity index (χ3n) is 7.64. The largest absolute Gasteiger partial charge is 0.354 e. The van der Waals surface area contributed by atoms with E-state index in [9.17, 15) is 9.59 Å². The van der Waals surface area contributed by atoms with Gasteiger partial charge < -0.3 is 9.55 Å². The molecule has 4 heteroatoms. The molecule has 0 saturated heterocycles. The molecule has 0 atom stereocenters. The third kappa shape index (κ3) is 4.44. The molecule has 196 valence electrons. The van der Waals surface area contributed by atoms with E-state index in [0.717, 1.165) is 51.5 Å². The van der Waals surface area contributed by atoms with Crippen molar-refractivity contribution in [2.45, 2.75) is 47.1 Å². The highest BCUT2D eigenvalue weighted by Gasteiger charge is 2.18. The van der Waals surface area contributed by atoms with Crippen LogP contribution in [0.3, 0.4) is 0 Å². The van der Waals surface area contributed by atoms with E-state index in [-0.39, 0.29) is 10.9 Å². The van der Waals surface area contributed by atoms with Gasteiger partial charge in [-0.05, 0) is 65.6 Å². The van der Waals surface area contributed by atoms with Crippen molar-refractivity contribution in [3.05, 3.63) is 116 Å². The predicted molar refractivity (Wildman–Crippen MR) is 164 cm³/mol. The first kappa shape index (κ1) is 25.1. The summed E-state index contributed by atoms with van der Waals surface area (Å²) < 4.78 is 2.25. The van der Waals surface area contributed by atoms with E-state index in [1.54, 1.807) is 0 Å². The molecule has 6 aromatic rings. The molecule has 0 amide bonds. The SMILES string of the molecule is CC(C)Cc1cccc2c(=O)c3cc4c(cc3[nH]c12)c(=O)c1cccc(CC(C)C)c1n4Cc1ccccc1. The van der Waals surface area contributed by atoms with E-state index in [4.69, 9.17) is 0 Å². The number of nitrogens with zero attached hydrogens (tertiary/aromatic N) is 1. The number of pyridine rings is 2. The van der Waals surface area contributed by atoms with Gasteiger partial charge in [-0.25, -0.2) is 0 Å². The summed E-state index contributed by atoms with van der Waals surface area (Å²) in [6.07, 6.45) is 1.74. The Hall–Kier alpha value is -4.18. The minimum absolute atomic E-state index is 0.000490. The second-order valence-electron chi connectivity index (χ2n) is 11.6. The first-order valence-corrected chi connectivity index (χ1v) is 13.9. The summed E-state index contributed by atoms with van der Waals surface area (Å²) in [5.74, 6) is 0.903. The molecule has 0 radical (unpaired) electrons. The fourth-order valence-corrected chi connectivity index (χ4v) is 6.00. The lowest BCUT2D eigenvalue weighted by Gasteiger charge is -2.20. The van der Waals surface area contributed by atoms with E-state index in [0.29, 0.717) is 40.1 Å². The summed E-state index contributed by atoms with van der Waals surface area (Å²) in [5.41, 5.74) is 6.77. The topological polar surface area (TPSA) is 54.9 Å². The van der Waals surface area contributed by atoms with Gasteiger partial charge in [-0.2, -0.15) is 0 Å². The quantitative estimate of drug-likeness (QED) is 0.233. The molecule has 0 bridgehead atoms. The van der Waals surface area contributed by atoms with E-state index in [2.05, 4.69) is 61.5 Å². The average molecular weight is 515 g/mol. The lowest BCUT2D eigenvalue weighted by atomic mass is 9.97. The normalized spacial score (nSPS) is 12.1. The molecule has 2 heterocycles. The molecule has 0 fully saturated rings. The van der Waals surface area contributed by atoms with Crippen molar-refractivity contribution >= 4 is 43.6 Å². The van der Waals surface area contributed by atoms with Crippen molar-refractivity contribution in [3.63, 3.8) is 0 Å². The molecular formula is C35H34N2O2. The van der Waals surface area contributed by atoms with Crippen LogP contribution in [0.25, 0.3) is 43.6 Å². The number of rotatable bonds is 6. The van der Waals surface area contributed by atoms with Crippen molar-refractivity contribution < 1.29 is 0 Å². The van der Waals surface area contributed by atoms with Crippen LogP contribution in [0.1, 0.15) is 44.4 Å². The Balaban J connectivity index is 1.75. The van der Waals surface area contributed by atoms with Crippen LogP contribution < -0.4 is 10.9 Å². The number of H-pyrrole nitrogens is 1. The van der Waals surface area contributed by atoms with Crippen molar-refractivity contribution in [1.29, 1.82) is 0 Å². The number of hydrogen-bond acceptors (Lipinski definition) is 2. The minimum Gasteiger partial charge on any atom is -0.354 e. The number of benzene rings is 4. The monoisotopic (exact) mass is 514 g/mol. The van der Waals surface area contributed by atoms with Gasteiger partial charge in [0.25, 0.3) is 0 Å². The van der Waals surface area contributed by atoms with Crippen molar-refractivity contribution in [2.75, 3.05) is 0 Å². The maximum Gasteiger partial charge on any atom is 0.197 e. The molecule has 39 heavy (non-hydrogen) atoms. The standard InChI is InChI=1S/C35H34N2O2/c1-21(2)16-24-12-8-14-26-32(24)36-30-18-29-31(19-28(30)34(26)38)37(20-23-10-6-5-7-11-23)33-25(17-22(3)4)13-9-15-27(33)35(29)39/h5-15,18-19,21-22H,16-17,20H2,1-4H3,(H,36,38). The van der Waals surface area contributed by atoms with E-state index in [1.165, 1.54) is 0 Å². The van der Waals surface area contributed by atoms with Crippen LogP contribution in [-0.2, 0) is 19.4 Å². The van der Waals surface area contributed by atoms with Gasteiger partial charge in [0.05, 0.1) is 22.1 Å². The molecule has 0 unspecified atom stereocenters. The zero-order chi connectivity index (χ0) is 27.3. The van der Waals surface area contributed by atoms with E-state index < -0.39 is 0 Å². The first-order valence-electron chi connectivity index (χ1n) is 13.9. The number of fused-ring (bicyclic) bond motifs is 4. The Morgan fingerprint density at radius 2 is 1.31 bits per heavy atom. The Labute approximate surface area is 227 Å². The molecule has 0 aliphatic heterocycles. The van der Waals surface area contributed by atoms with E-state index in [1.807, 2.05) is 54.6 Å². The van der Waals surface area contributed by atoms with Crippen LogP contribution in [0.4, 0.5) is 0 Å². The zero-order valence-electron chi connectivity index (χ0n) is 23.0. The Kier molecular flexibility index (Phi) is 6.34. The number of aromatic nitrogens is 2. The van der Waals surface area contributed by atoms with Gasteiger partial charge in [0.2, 0.25) is 0 Å². The average Bonchev–Trinajstić information content (AvgIpc) is 2.91. The summed E-state index contributed by atoms with van der Waals surface area (Å²) in [4.78, 5) is 31.5. The number of hydrogen-bond donors (Lipinski definition) is 1. The summed E-state index contributed by atoms with van der Waals surface area (Å²) in [6, 6.07) is 26.2. The van der Waals surface area contributed by atoms with Crippen molar-refractivity contribution in [2.24, 2.45) is 11.8 Å². The molecule has 2 aromatic heterocycles. The van der Waals surface area contributed by atoms with Crippen molar-refractivity contribution in [1.82, 2.24) is 9.55 Å². The minimum atomic E-state index is 0.000490. The van der Waals surface area contributed by atoms with E-state index >= 15 is 0 Å². The van der Waals surface area contributed by atoms with Crippen LogP contribution in [-0.4, -0.2) is 9.55 Å². The predicted octanol–water partition coefficient (Wildman–Crippen LogP) is 7.59. The van der Waals surface area contributed by atoms with Crippen molar-refractivity contribution in [3.8, 4) is 0 Å². The number of para-hydroxylation sites is 2. The highest BCUT2D eigenvalue weighted by Crippen LogP contribution is 2.29. The number of aromatic amines is 1. The van der Waals surface area contributed by atoms with Gasteiger partial charge in [0.15, 0.2) is 10.9 Å². The lowest BCUT2D eigenvalue weighted by molar-refractivity contribution is 0.647. The summed E-state index contributed by atoms with van der Waals surface area (Å²) in [7, 11) is 0. The molecular weight excluding hydrogens is 480 g/mol. The molecule has 1 N–H and O–H groups in total. The van der Waals surface area contributed by atoms with Gasteiger partial charge in [0, 0.05) is 28.1 Å². The highest BCUT2D eigenvalue weighted by molar-refractivity contribution is 6.04. The first-order chi connectivity index (χ1) is 18.8. The fraction of sp³-hybridized carbons (Fsp3) is 0.257. The van der Waals surface area contributed by atoms with Gasteiger partial charge >= 0.3 is 0 Å². The molecule has 0 aliphatic carbocycles. The molecule has 4 aromatic carbocycles. The fourth-order valence-electron chi connectivity index (χ4n) is 6.00. The second-order valence-corrected chi connectivity index (χ2v) is 11.6. The van der Waals surface area contributed by atoms with Crippen LogP contribution in [0.5, 0.6) is 0 Å². The summed E-state index contributed by atoms with van der Waals surface area (Å²) in [5, 5.41) is 2.65. The Bertz CT molecular complexity index is 1980. The van der Waals surface area contributed by atoms with Crippen LogP contribution in [0.15, 0.2) is 88.5 Å². The number of nitrogens with one attached hydrogen (secondary N) is 1. The second kappa shape index (κ2) is 9.85.